The van der Waals surface area contributed by atoms with Crippen molar-refractivity contribution in [3.05, 3.63) is 95.0 Å². The average molecular weight is 885 g/mol. The molecule has 0 radical (unpaired) electrons. The number of carbonyl (C=O) groups excluding carboxylic acids is 4. The number of benzene rings is 3. The molecule has 1 aromatic heterocycles. The molecule has 4 aromatic rings. The Balaban J connectivity index is 1.05. The molecule has 0 saturated heterocycles. The van der Waals surface area contributed by atoms with E-state index in [2.05, 4.69) is 41.2 Å². The van der Waals surface area contributed by atoms with E-state index in [1.807, 2.05) is 12.1 Å². The van der Waals surface area contributed by atoms with Crippen LogP contribution in [0.4, 0.5) is 30.8 Å². The van der Waals surface area contributed by atoms with Crippen molar-refractivity contribution < 1.29 is 50.2 Å². The minimum atomic E-state index is -4.66. The quantitative estimate of drug-likeness (QED) is 0.0662. The van der Waals surface area contributed by atoms with Crippen LogP contribution in [0.3, 0.4) is 0 Å². The van der Waals surface area contributed by atoms with E-state index in [1.165, 1.54) is 36.4 Å². The van der Waals surface area contributed by atoms with Gasteiger partial charge in [0.2, 0.25) is 11.9 Å². The first kappa shape index (κ1) is 44.4. The van der Waals surface area contributed by atoms with Crippen LogP contribution in [0.5, 0.6) is 6.01 Å². The van der Waals surface area contributed by atoms with Gasteiger partial charge >= 0.3 is 30.0 Å². The lowest BCUT2D eigenvalue weighted by molar-refractivity contribution is -0.154. The van der Waals surface area contributed by atoms with Gasteiger partial charge in [-0.3, -0.25) is 14.4 Å². The lowest BCUT2D eigenvalue weighted by Crippen LogP contribution is -2.48. The lowest BCUT2D eigenvalue weighted by Gasteiger charge is -2.29. The Kier molecular flexibility index (Phi) is 13.9. The SMILES string of the molecule is COC(=O)C(CCNC(=O)C(=O)NC1CCCC(S(=O)(=O)c2ccccc2)C1)=NC(=O)c1ccc(Nc2nc(NC3(c4ccc(Cl)cc4)CC3)nc(OCC(F)(F)F)n2)cc1. The molecule has 2 aliphatic carbocycles. The zero-order valence-corrected chi connectivity index (χ0v) is 34.1. The highest BCUT2D eigenvalue weighted by molar-refractivity contribution is 7.92. The number of hydrogen-bond acceptors (Lipinski definition) is 13. The molecule has 21 heteroatoms. The highest BCUT2D eigenvalue weighted by Gasteiger charge is 2.45. The maximum atomic E-state index is 13.1. The summed E-state index contributed by atoms with van der Waals surface area (Å²) in [7, 11) is -2.56. The fourth-order valence-corrected chi connectivity index (χ4v) is 8.60. The van der Waals surface area contributed by atoms with E-state index >= 15 is 0 Å². The van der Waals surface area contributed by atoms with E-state index < -0.39 is 69.2 Å². The maximum absolute atomic E-state index is 13.1. The maximum Gasteiger partial charge on any atom is 0.422 e. The molecule has 3 amide bonds. The van der Waals surface area contributed by atoms with E-state index in [0.717, 1.165) is 12.7 Å². The minimum absolute atomic E-state index is 0.0290. The second-order valence-electron chi connectivity index (χ2n) is 14.3. The molecule has 61 heavy (non-hydrogen) atoms. The predicted octanol–water partition coefficient (Wildman–Crippen LogP) is 5.47. The van der Waals surface area contributed by atoms with E-state index in [0.29, 0.717) is 42.8 Å². The van der Waals surface area contributed by atoms with Crippen molar-refractivity contribution in [2.75, 3.05) is 30.9 Å². The Hall–Kier alpha value is -6.15. The first-order chi connectivity index (χ1) is 29.0. The standard InChI is InChI=1S/C40H40ClF3N8O8S/c1-59-35(56)31(18-21-45-33(54)34(55)46-28-6-5-9-30(22-28)61(57,58)29-7-3-2-4-8-29)48-32(53)24-10-16-27(17-11-24)47-36-49-37(51-38(50-36)60-23-40(42,43)44)52-39(19-20-39)25-12-14-26(41)15-13-25/h2-4,7-8,10-17,28,30H,5-6,9,18-23H2,1H3,(H,45,54)(H,46,55)(H2,47,49,50,51,52). The number of hydrogen-bond donors (Lipinski definition) is 4. The van der Waals surface area contributed by atoms with Gasteiger partial charge in [-0.15, -0.1) is 0 Å². The molecule has 2 unspecified atom stereocenters. The van der Waals surface area contributed by atoms with Gasteiger partial charge in [-0.2, -0.15) is 28.1 Å². The van der Waals surface area contributed by atoms with Crippen molar-refractivity contribution in [3.8, 4) is 6.01 Å². The highest BCUT2D eigenvalue weighted by Crippen LogP contribution is 2.48. The second-order valence-corrected chi connectivity index (χ2v) is 16.9. The number of nitrogens with one attached hydrogen (secondary N) is 4. The van der Waals surface area contributed by atoms with Gasteiger partial charge < -0.3 is 30.7 Å². The largest absolute Gasteiger partial charge is 0.465 e. The number of ether oxygens (including phenoxy) is 2. The topological polar surface area (TPSA) is 220 Å². The number of esters is 1. The van der Waals surface area contributed by atoms with Crippen molar-refractivity contribution in [1.29, 1.82) is 0 Å². The van der Waals surface area contributed by atoms with Crippen molar-refractivity contribution >= 4 is 68.4 Å². The van der Waals surface area contributed by atoms with Crippen LogP contribution >= 0.6 is 11.6 Å². The third-order valence-electron chi connectivity index (χ3n) is 9.85. The van der Waals surface area contributed by atoms with E-state index in [-0.39, 0.29) is 47.5 Å². The number of anilines is 3. The molecule has 0 bridgehead atoms. The Morgan fingerprint density at radius 2 is 1.59 bits per heavy atom. The molecule has 2 saturated carbocycles. The number of carbonyl (C=O) groups is 4. The Labute approximate surface area is 353 Å². The molecule has 6 rings (SSSR count). The molecular formula is C40H40ClF3N8O8S. The smallest absolute Gasteiger partial charge is 0.422 e. The Morgan fingerprint density at radius 3 is 2.25 bits per heavy atom. The number of aliphatic imine (C=N–C) groups is 1. The van der Waals surface area contributed by atoms with Gasteiger partial charge in [0, 0.05) is 35.3 Å². The molecule has 2 aliphatic rings. The van der Waals surface area contributed by atoms with Gasteiger partial charge in [-0.1, -0.05) is 48.4 Å². The first-order valence-electron chi connectivity index (χ1n) is 19.0. The second kappa shape index (κ2) is 19.1. The van der Waals surface area contributed by atoms with Crippen LogP contribution < -0.4 is 26.0 Å². The molecular weight excluding hydrogens is 845 g/mol. The van der Waals surface area contributed by atoms with Crippen LogP contribution in [0.1, 0.15) is 60.9 Å². The summed E-state index contributed by atoms with van der Waals surface area (Å²) in [5.74, 6) is -4.03. The first-order valence-corrected chi connectivity index (χ1v) is 20.9. The normalized spacial score (nSPS) is 17.4. The fourth-order valence-electron chi connectivity index (χ4n) is 6.59. The molecule has 16 nitrogen and oxygen atoms in total. The van der Waals surface area contributed by atoms with Gasteiger partial charge in [-0.05, 0) is 86.2 Å². The van der Waals surface area contributed by atoms with Crippen LogP contribution in [0.15, 0.2) is 88.8 Å². The lowest BCUT2D eigenvalue weighted by atomic mass is 9.95. The number of aromatic nitrogens is 3. The van der Waals surface area contributed by atoms with Gasteiger partial charge in [-0.25, -0.2) is 18.2 Å². The van der Waals surface area contributed by atoms with Gasteiger partial charge in [0.05, 0.1) is 22.8 Å². The van der Waals surface area contributed by atoms with Crippen LogP contribution in [0.25, 0.3) is 0 Å². The number of methoxy groups -OCH3 is 1. The third-order valence-corrected chi connectivity index (χ3v) is 12.3. The van der Waals surface area contributed by atoms with E-state index in [4.69, 9.17) is 21.1 Å². The van der Waals surface area contributed by atoms with E-state index in [9.17, 15) is 40.8 Å². The molecule has 0 spiro atoms. The highest BCUT2D eigenvalue weighted by atomic mass is 35.5. The summed E-state index contributed by atoms with van der Waals surface area (Å²) in [6.07, 6.45) is -1.98. The van der Waals surface area contributed by atoms with Crippen molar-refractivity contribution in [2.45, 2.75) is 72.8 Å². The van der Waals surface area contributed by atoms with Gasteiger partial charge in [0.15, 0.2) is 16.4 Å². The van der Waals surface area contributed by atoms with E-state index in [1.54, 1.807) is 30.3 Å². The number of amides is 3. The van der Waals surface area contributed by atoms with Crippen LogP contribution in [-0.4, -0.2) is 90.5 Å². The average Bonchev–Trinajstić information content (AvgIpc) is 4.02. The third kappa shape index (κ3) is 12.0. The molecule has 1 heterocycles. The number of rotatable bonds is 15. The summed E-state index contributed by atoms with van der Waals surface area (Å²) in [6.45, 7) is -1.92. The predicted molar refractivity (Wildman–Crippen MR) is 216 cm³/mol. The number of nitrogens with zero attached hydrogens (tertiary/aromatic N) is 4. The summed E-state index contributed by atoms with van der Waals surface area (Å²) in [5, 5.41) is 10.8. The summed E-state index contributed by atoms with van der Waals surface area (Å²) in [6, 6.07) is 19.5. The summed E-state index contributed by atoms with van der Waals surface area (Å²) >= 11 is 6.03. The summed E-state index contributed by atoms with van der Waals surface area (Å²) < 4.78 is 74.8. The Bertz CT molecular complexity index is 2390. The fraction of sp³-hybridized carbons (Fsp3) is 0.350. The van der Waals surface area contributed by atoms with Crippen molar-refractivity contribution in [1.82, 2.24) is 25.6 Å². The molecule has 2 atom stereocenters. The monoisotopic (exact) mass is 884 g/mol. The van der Waals surface area contributed by atoms with Gasteiger partial charge in [0.1, 0.15) is 5.71 Å². The molecule has 3 aromatic carbocycles. The molecule has 4 N–H and O–H groups in total. The summed E-state index contributed by atoms with van der Waals surface area (Å²) in [4.78, 5) is 67.4. The van der Waals surface area contributed by atoms with Crippen molar-refractivity contribution in [3.63, 3.8) is 0 Å². The number of alkyl halides is 3. The molecule has 322 valence electrons. The molecule has 2 fully saturated rings. The zero-order valence-electron chi connectivity index (χ0n) is 32.5. The van der Waals surface area contributed by atoms with Crippen LogP contribution in [0, 0.1) is 0 Å². The van der Waals surface area contributed by atoms with Crippen molar-refractivity contribution in [2.24, 2.45) is 4.99 Å². The van der Waals surface area contributed by atoms with Crippen LogP contribution in [-0.2, 0) is 34.5 Å². The van der Waals surface area contributed by atoms with Crippen LogP contribution in [0.2, 0.25) is 5.02 Å². The molecule has 0 aliphatic heterocycles. The van der Waals surface area contributed by atoms with Gasteiger partial charge in [0.25, 0.3) is 5.91 Å². The number of halogens is 4. The Morgan fingerprint density at radius 1 is 0.902 bits per heavy atom. The number of sulfone groups is 1. The summed E-state index contributed by atoms with van der Waals surface area (Å²) in [5.41, 5.74) is 0.295. The zero-order chi connectivity index (χ0) is 43.8. The minimum Gasteiger partial charge on any atom is -0.465 e.